The van der Waals surface area contributed by atoms with Crippen molar-refractivity contribution in [1.82, 2.24) is 0 Å². The molecule has 168 valence electrons. The number of carbonyl (C=O) groups is 2. The number of hydrogen-bond donors (Lipinski definition) is 2. The summed E-state index contributed by atoms with van der Waals surface area (Å²) >= 11 is 0. The fourth-order valence-corrected chi connectivity index (χ4v) is 4.31. The van der Waals surface area contributed by atoms with Gasteiger partial charge in [0.25, 0.3) is 5.91 Å². The van der Waals surface area contributed by atoms with E-state index in [9.17, 15) is 14.9 Å². The Morgan fingerprint density at radius 2 is 1.88 bits per heavy atom. The number of nitrogens with one attached hydrogen (secondary N) is 1. The van der Waals surface area contributed by atoms with E-state index in [2.05, 4.69) is 11.4 Å². The second kappa shape index (κ2) is 8.83. The molecule has 33 heavy (non-hydrogen) atoms. The van der Waals surface area contributed by atoms with Gasteiger partial charge in [-0.05, 0) is 23.6 Å². The molecule has 0 saturated carbocycles. The van der Waals surface area contributed by atoms with Gasteiger partial charge in [-0.3, -0.25) is 9.59 Å². The van der Waals surface area contributed by atoms with Gasteiger partial charge in [-0.15, -0.1) is 0 Å². The molecule has 1 heterocycles. The maximum Gasteiger partial charge on any atom is 0.262 e. The molecule has 0 fully saturated rings. The molecule has 0 saturated heterocycles. The topological polar surface area (TPSA) is 114 Å². The van der Waals surface area contributed by atoms with Crippen molar-refractivity contribution >= 4 is 17.4 Å². The average molecular weight is 444 g/mol. The van der Waals surface area contributed by atoms with Gasteiger partial charge < -0.3 is 20.5 Å². The van der Waals surface area contributed by atoms with E-state index in [1.54, 1.807) is 36.4 Å². The highest BCUT2D eigenvalue weighted by molar-refractivity contribution is 6.00. The Labute approximate surface area is 192 Å². The summed E-state index contributed by atoms with van der Waals surface area (Å²) in [6.45, 7) is 3.76. The van der Waals surface area contributed by atoms with Crippen LogP contribution in [0.25, 0.3) is 0 Å². The highest BCUT2D eigenvalue weighted by Gasteiger charge is 2.43. The zero-order chi connectivity index (χ0) is 23.6. The summed E-state index contributed by atoms with van der Waals surface area (Å²) in [5.74, 6) is -0.233. The van der Waals surface area contributed by atoms with E-state index >= 15 is 0 Å². The van der Waals surface area contributed by atoms with Crippen LogP contribution in [-0.2, 0) is 14.3 Å². The van der Waals surface area contributed by atoms with Crippen molar-refractivity contribution in [3.8, 4) is 11.8 Å². The zero-order valence-corrected chi connectivity index (χ0v) is 18.6. The third kappa shape index (κ3) is 4.60. The molecule has 0 bridgehead atoms. The van der Waals surface area contributed by atoms with E-state index < -0.39 is 5.92 Å². The van der Waals surface area contributed by atoms with Crippen LogP contribution >= 0.6 is 0 Å². The molecule has 1 aliphatic carbocycles. The monoisotopic (exact) mass is 443 g/mol. The summed E-state index contributed by atoms with van der Waals surface area (Å²) in [6, 6.07) is 18.2. The summed E-state index contributed by atoms with van der Waals surface area (Å²) in [4.78, 5) is 25.6. The van der Waals surface area contributed by atoms with Gasteiger partial charge in [-0.25, -0.2) is 0 Å². The smallest absolute Gasteiger partial charge is 0.262 e. The normalized spacial score (nSPS) is 19.3. The van der Waals surface area contributed by atoms with E-state index in [1.807, 2.05) is 32.0 Å². The number of rotatable bonds is 5. The van der Waals surface area contributed by atoms with Gasteiger partial charge in [-0.2, -0.15) is 5.26 Å². The first-order valence-electron chi connectivity index (χ1n) is 10.7. The molecule has 2 aromatic rings. The molecule has 3 N–H and O–H groups in total. The molecule has 2 aliphatic rings. The molecule has 0 aromatic heterocycles. The highest BCUT2D eigenvalue weighted by atomic mass is 16.5. The van der Waals surface area contributed by atoms with E-state index in [-0.39, 0.29) is 35.2 Å². The predicted octanol–water partition coefficient (Wildman–Crippen LogP) is 4.15. The van der Waals surface area contributed by atoms with Crippen molar-refractivity contribution < 1.29 is 19.1 Å². The van der Waals surface area contributed by atoms with Crippen LogP contribution < -0.4 is 15.8 Å². The van der Waals surface area contributed by atoms with Gasteiger partial charge >= 0.3 is 0 Å². The minimum absolute atomic E-state index is 0.0108. The number of nitriles is 1. The average Bonchev–Trinajstić information content (AvgIpc) is 2.77. The molecule has 1 unspecified atom stereocenters. The number of ether oxygens (including phenoxy) is 2. The first-order valence-corrected chi connectivity index (χ1v) is 10.7. The maximum absolute atomic E-state index is 13.2. The molecular weight excluding hydrogens is 418 g/mol. The van der Waals surface area contributed by atoms with E-state index in [0.29, 0.717) is 41.2 Å². The quantitative estimate of drug-likeness (QED) is 0.717. The summed E-state index contributed by atoms with van der Waals surface area (Å²) < 4.78 is 11.6. The number of benzene rings is 2. The fraction of sp³-hybridized carbons (Fsp3) is 0.269. The van der Waals surface area contributed by atoms with Crippen LogP contribution in [0.1, 0.15) is 38.2 Å². The van der Waals surface area contributed by atoms with E-state index in [4.69, 9.17) is 15.2 Å². The van der Waals surface area contributed by atoms with Crippen LogP contribution in [0.3, 0.4) is 0 Å². The Hall–Kier alpha value is -4.05. The molecule has 2 aromatic carbocycles. The SMILES string of the molecule is CC1(C)CC(=O)C2=C(C1)OC(N)=C(C#N)C2c1ccccc1OCC(=O)Nc1ccccc1. The van der Waals surface area contributed by atoms with Crippen molar-refractivity contribution in [3.63, 3.8) is 0 Å². The van der Waals surface area contributed by atoms with E-state index in [1.165, 1.54) is 0 Å². The number of para-hydroxylation sites is 2. The predicted molar refractivity (Wildman–Crippen MR) is 123 cm³/mol. The van der Waals surface area contributed by atoms with Crippen molar-refractivity contribution in [2.75, 3.05) is 11.9 Å². The molecule has 0 spiro atoms. The Morgan fingerprint density at radius 1 is 1.18 bits per heavy atom. The second-order valence-electron chi connectivity index (χ2n) is 8.94. The van der Waals surface area contributed by atoms with Crippen LogP contribution in [0.2, 0.25) is 0 Å². The largest absolute Gasteiger partial charge is 0.483 e. The summed E-state index contributed by atoms with van der Waals surface area (Å²) in [5.41, 5.74) is 7.68. The molecule has 4 rings (SSSR count). The zero-order valence-electron chi connectivity index (χ0n) is 18.6. The molecule has 1 amide bonds. The number of amides is 1. The first kappa shape index (κ1) is 22.2. The number of hydrogen-bond acceptors (Lipinski definition) is 6. The lowest BCUT2D eigenvalue weighted by Gasteiger charge is -2.37. The molecule has 7 heteroatoms. The second-order valence-corrected chi connectivity index (χ2v) is 8.94. The molecular formula is C26H25N3O4. The molecule has 1 atom stereocenters. The number of ketones is 1. The third-order valence-electron chi connectivity index (χ3n) is 5.72. The van der Waals surface area contributed by atoms with E-state index in [0.717, 1.165) is 0 Å². The van der Waals surface area contributed by atoms with Gasteiger partial charge in [-0.1, -0.05) is 50.2 Å². The summed E-state index contributed by atoms with van der Waals surface area (Å²) in [6.07, 6.45) is 0.874. The van der Waals surface area contributed by atoms with Crippen LogP contribution in [0.15, 0.2) is 77.4 Å². The van der Waals surface area contributed by atoms with Crippen molar-refractivity contribution in [2.24, 2.45) is 11.1 Å². The van der Waals surface area contributed by atoms with Gasteiger partial charge in [0.2, 0.25) is 5.88 Å². The van der Waals surface area contributed by atoms with Crippen molar-refractivity contribution in [2.45, 2.75) is 32.6 Å². The van der Waals surface area contributed by atoms with Gasteiger partial charge in [0.15, 0.2) is 12.4 Å². The number of allylic oxidation sites excluding steroid dienone is 3. The van der Waals surface area contributed by atoms with Crippen LogP contribution in [0.4, 0.5) is 5.69 Å². The summed E-state index contributed by atoms with van der Waals surface area (Å²) in [5, 5.41) is 12.6. The number of Topliss-reactive ketones (excluding diaryl/α,β-unsaturated/α-hetero) is 1. The van der Waals surface area contributed by atoms with Crippen LogP contribution in [0.5, 0.6) is 5.75 Å². The standard InChI is InChI=1S/C26H25N3O4/c1-26(2)12-19(30)24-21(13-26)33-25(28)18(14-27)23(24)17-10-6-7-11-20(17)32-15-22(31)29-16-8-4-3-5-9-16/h3-11,23H,12-13,15,28H2,1-2H3,(H,29,31). The summed E-state index contributed by atoms with van der Waals surface area (Å²) in [7, 11) is 0. The van der Waals surface area contributed by atoms with Crippen molar-refractivity contribution in [1.29, 1.82) is 5.26 Å². The minimum Gasteiger partial charge on any atom is -0.483 e. The first-order chi connectivity index (χ1) is 15.8. The van der Waals surface area contributed by atoms with Gasteiger partial charge in [0.1, 0.15) is 23.2 Å². The maximum atomic E-state index is 13.2. The lowest BCUT2D eigenvalue weighted by Crippen LogP contribution is -2.33. The number of anilines is 1. The van der Waals surface area contributed by atoms with Gasteiger partial charge in [0.05, 0.1) is 5.92 Å². The number of nitrogens with zero attached hydrogens (tertiary/aromatic N) is 1. The Bertz CT molecular complexity index is 1210. The third-order valence-corrected chi connectivity index (χ3v) is 5.72. The Kier molecular flexibility index (Phi) is 5.93. The Balaban J connectivity index is 1.65. The number of carbonyl (C=O) groups excluding carboxylic acids is 2. The Morgan fingerprint density at radius 3 is 2.61 bits per heavy atom. The fourth-order valence-electron chi connectivity index (χ4n) is 4.31. The van der Waals surface area contributed by atoms with Crippen molar-refractivity contribution in [3.05, 3.63) is 82.9 Å². The lowest BCUT2D eigenvalue weighted by atomic mass is 9.70. The lowest BCUT2D eigenvalue weighted by molar-refractivity contribution is -0.119. The molecule has 7 nitrogen and oxygen atoms in total. The van der Waals surface area contributed by atoms with Crippen LogP contribution in [-0.4, -0.2) is 18.3 Å². The minimum atomic E-state index is -0.712. The highest BCUT2D eigenvalue weighted by Crippen LogP contribution is 2.49. The van der Waals surface area contributed by atoms with Crippen LogP contribution in [0, 0.1) is 16.7 Å². The molecule has 1 aliphatic heterocycles. The molecule has 0 radical (unpaired) electrons. The number of nitrogens with two attached hydrogens (primary N) is 1. The van der Waals surface area contributed by atoms with Gasteiger partial charge in [0, 0.05) is 29.7 Å².